The van der Waals surface area contributed by atoms with Crippen molar-refractivity contribution in [1.82, 2.24) is 5.32 Å². The van der Waals surface area contributed by atoms with E-state index in [-0.39, 0.29) is 17.7 Å². The summed E-state index contributed by atoms with van der Waals surface area (Å²) in [6, 6.07) is 9.96. The maximum absolute atomic E-state index is 13.9. The summed E-state index contributed by atoms with van der Waals surface area (Å²) in [5, 5.41) is 13.6. The standard InChI is InChI=1S/C21H15F3N2O2/c22-21(23,24)20(28)16-6-2-1-4-15(16)19-14(5-3-7-17(19)20)12-8-9-13(10-12)26-11-18(25)27/h1-7,10,13,26,28H,11H2,(H2,25,27). The van der Waals surface area contributed by atoms with Crippen molar-refractivity contribution >= 4 is 11.5 Å². The lowest BCUT2D eigenvalue weighted by Crippen LogP contribution is -2.41. The molecule has 142 valence electrons. The van der Waals surface area contributed by atoms with Crippen LogP contribution >= 0.6 is 0 Å². The molecule has 0 heterocycles. The van der Waals surface area contributed by atoms with Crippen LogP contribution in [0.4, 0.5) is 13.2 Å². The smallest absolute Gasteiger partial charge is 0.372 e. The molecule has 2 atom stereocenters. The van der Waals surface area contributed by atoms with E-state index < -0.39 is 23.7 Å². The summed E-state index contributed by atoms with van der Waals surface area (Å²) >= 11 is 0. The van der Waals surface area contributed by atoms with Gasteiger partial charge >= 0.3 is 6.18 Å². The highest BCUT2D eigenvalue weighted by molar-refractivity contribution is 5.95. The minimum atomic E-state index is -4.88. The molecule has 0 fully saturated rings. The topological polar surface area (TPSA) is 75.4 Å². The van der Waals surface area contributed by atoms with Gasteiger partial charge in [-0.1, -0.05) is 54.3 Å². The SMILES string of the molecule is NC(=O)CNC1C#CC(c2cccc3c2-c2ccccc2C3(O)C(F)(F)F)=C1. The predicted octanol–water partition coefficient (Wildman–Crippen LogP) is 2.31. The van der Waals surface area contributed by atoms with Gasteiger partial charge < -0.3 is 10.8 Å². The Kier molecular flexibility index (Phi) is 4.07. The van der Waals surface area contributed by atoms with Gasteiger partial charge in [0.2, 0.25) is 11.5 Å². The van der Waals surface area contributed by atoms with Crippen LogP contribution in [-0.2, 0) is 10.4 Å². The molecule has 0 bridgehead atoms. The summed E-state index contributed by atoms with van der Waals surface area (Å²) in [6.45, 7) is -0.0628. The lowest BCUT2D eigenvalue weighted by molar-refractivity contribution is -0.246. The van der Waals surface area contributed by atoms with Crippen LogP contribution in [0.15, 0.2) is 48.5 Å². The number of carbonyl (C=O) groups is 1. The zero-order chi connectivity index (χ0) is 20.1. The lowest BCUT2D eigenvalue weighted by atomic mass is 9.89. The van der Waals surface area contributed by atoms with E-state index in [1.54, 1.807) is 24.3 Å². The Labute approximate surface area is 158 Å². The highest BCUT2D eigenvalue weighted by Gasteiger charge is 2.61. The third kappa shape index (κ3) is 2.61. The van der Waals surface area contributed by atoms with Gasteiger partial charge in [0.15, 0.2) is 0 Å². The number of nitrogens with one attached hydrogen (secondary N) is 1. The fraction of sp³-hybridized carbons (Fsp3) is 0.190. The summed E-state index contributed by atoms with van der Waals surface area (Å²) in [5.41, 5.74) is 3.29. The molecular weight excluding hydrogens is 369 g/mol. The van der Waals surface area contributed by atoms with E-state index in [4.69, 9.17) is 5.73 Å². The zero-order valence-corrected chi connectivity index (χ0v) is 14.5. The van der Waals surface area contributed by atoms with Crippen molar-refractivity contribution in [3.8, 4) is 23.0 Å². The molecule has 0 aliphatic heterocycles. The lowest BCUT2D eigenvalue weighted by Gasteiger charge is -2.28. The number of fused-ring (bicyclic) bond motifs is 3. The second-order valence-corrected chi connectivity index (χ2v) is 6.66. The monoisotopic (exact) mass is 384 g/mol. The molecule has 2 aliphatic rings. The molecule has 1 amide bonds. The fourth-order valence-electron chi connectivity index (χ4n) is 3.72. The number of hydrogen-bond acceptors (Lipinski definition) is 3. The first kappa shape index (κ1) is 18.3. The summed E-state index contributed by atoms with van der Waals surface area (Å²) in [5.74, 6) is 5.25. The van der Waals surface area contributed by atoms with E-state index in [0.717, 1.165) is 0 Å². The highest BCUT2D eigenvalue weighted by atomic mass is 19.4. The van der Waals surface area contributed by atoms with Crippen LogP contribution in [0.3, 0.4) is 0 Å². The van der Waals surface area contributed by atoms with E-state index >= 15 is 0 Å². The van der Waals surface area contributed by atoms with Gasteiger partial charge in [0.1, 0.15) is 0 Å². The minimum Gasteiger partial charge on any atom is -0.372 e. The van der Waals surface area contributed by atoms with Gasteiger partial charge in [0, 0.05) is 16.7 Å². The number of alkyl halides is 3. The van der Waals surface area contributed by atoms with Crippen LogP contribution in [0.25, 0.3) is 16.7 Å². The molecular formula is C21H15F3N2O2. The first-order valence-electron chi connectivity index (χ1n) is 8.51. The van der Waals surface area contributed by atoms with Crippen LogP contribution in [-0.4, -0.2) is 29.8 Å². The van der Waals surface area contributed by atoms with E-state index in [9.17, 15) is 23.1 Å². The molecule has 2 unspecified atom stereocenters. The van der Waals surface area contributed by atoms with Crippen LogP contribution < -0.4 is 11.1 Å². The third-order valence-electron chi connectivity index (χ3n) is 4.93. The molecule has 2 aromatic rings. The molecule has 0 spiro atoms. The molecule has 0 radical (unpaired) electrons. The van der Waals surface area contributed by atoms with Crippen molar-refractivity contribution in [1.29, 1.82) is 0 Å². The fourth-order valence-corrected chi connectivity index (χ4v) is 3.72. The quantitative estimate of drug-likeness (QED) is 0.709. The molecule has 0 saturated carbocycles. The van der Waals surface area contributed by atoms with Crippen LogP contribution in [0.1, 0.15) is 16.7 Å². The third-order valence-corrected chi connectivity index (χ3v) is 4.93. The predicted molar refractivity (Wildman–Crippen MR) is 97.7 cm³/mol. The van der Waals surface area contributed by atoms with Gasteiger partial charge in [-0.05, 0) is 22.8 Å². The van der Waals surface area contributed by atoms with Gasteiger partial charge in [-0.3, -0.25) is 10.1 Å². The first-order chi connectivity index (χ1) is 13.2. The Morgan fingerprint density at radius 2 is 1.82 bits per heavy atom. The summed E-state index contributed by atoms with van der Waals surface area (Å²) in [7, 11) is 0. The molecule has 0 saturated heterocycles. The second kappa shape index (κ2) is 6.23. The highest BCUT2D eigenvalue weighted by Crippen LogP contribution is 2.56. The number of primary amides is 1. The van der Waals surface area contributed by atoms with Gasteiger partial charge in [0.25, 0.3) is 0 Å². The number of nitrogens with two attached hydrogens (primary N) is 1. The average Bonchev–Trinajstić information content (AvgIpc) is 3.22. The van der Waals surface area contributed by atoms with Crippen LogP contribution in [0, 0.1) is 11.8 Å². The van der Waals surface area contributed by atoms with Gasteiger partial charge in [0.05, 0.1) is 12.6 Å². The Balaban J connectivity index is 1.86. The van der Waals surface area contributed by atoms with Crippen molar-refractivity contribution < 1.29 is 23.1 Å². The number of benzene rings is 2. The number of allylic oxidation sites excluding steroid dienone is 1. The Morgan fingerprint density at radius 3 is 2.54 bits per heavy atom. The number of amides is 1. The van der Waals surface area contributed by atoms with Gasteiger partial charge in [-0.2, -0.15) is 13.2 Å². The first-order valence-corrected chi connectivity index (χ1v) is 8.51. The molecule has 0 aromatic heterocycles. The number of hydrogen-bond donors (Lipinski definition) is 3. The number of rotatable bonds is 4. The molecule has 4 nitrogen and oxygen atoms in total. The summed E-state index contributed by atoms with van der Waals surface area (Å²) in [4.78, 5) is 10.9. The van der Waals surface area contributed by atoms with Gasteiger partial charge in [-0.25, -0.2) is 0 Å². The Hall–Kier alpha value is -3.08. The van der Waals surface area contributed by atoms with Crippen molar-refractivity contribution in [2.75, 3.05) is 6.54 Å². The van der Waals surface area contributed by atoms with Crippen molar-refractivity contribution in [2.24, 2.45) is 5.73 Å². The molecule has 2 aromatic carbocycles. The second-order valence-electron chi connectivity index (χ2n) is 6.66. The molecule has 28 heavy (non-hydrogen) atoms. The normalized spacial score (nSPS) is 22.1. The maximum atomic E-state index is 13.9. The van der Waals surface area contributed by atoms with Gasteiger partial charge in [-0.15, -0.1) is 0 Å². The van der Waals surface area contributed by atoms with E-state index in [2.05, 4.69) is 17.2 Å². The molecule has 7 heteroatoms. The number of carbonyl (C=O) groups excluding carboxylic acids is 1. The maximum Gasteiger partial charge on any atom is 0.425 e. The van der Waals surface area contributed by atoms with E-state index in [1.807, 2.05) is 0 Å². The van der Waals surface area contributed by atoms with E-state index in [1.165, 1.54) is 24.3 Å². The molecule has 4 rings (SSSR count). The largest absolute Gasteiger partial charge is 0.425 e. The van der Waals surface area contributed by atoms with Crippen LogP contribution in [0.5, 0.6) is 0 Å². The van der Waals surface area contributed by atoms with E-state index in [0.29, 0.717) is 22.3 Å². The zero-order valence-electron chi connectivity index (χ0n) is 14.5. The van der Waals surface area contributed by atoms with Crippen molar-refractivity contribution in [3.05, 3.63) is 65.2 Å². The number of aliphatic hydroxyl groups is 1. The Bertz CT molecular complexity index is 1080. The molecule has 4 N–H and O–H groups in total. The van der Waals surface area contributed by atoms with Crippen LogP contribution in [0.2, 0.25) is 0 Å². The summed E-state index contributed by atoms with van der Waals surface area (Å²) < 4.78 is 41.7. The van der Waals surface area contributed by atoms with Crippen molar-refractivity contribution in [3.63, 3.8) is 0 Å². The number of halogens is 3. The Morgan fingerprint density at radius 1 is 1.14 bits per heavy atom. The average molecular weight is 384 g/mol. The minimum absolute atomic E-state index is 0.0628. The molecule has 2 aliphatic carbocycles. The summed E-state index contributed by atoms with van der Waals surface area (Å²) in [6.07, 6.45) is -3.18. The van der Waals surface area contributed by atoms with Crippen molar-refractivity contribution in [2.45, 2.75) is 17.8 Å².